The minimum Gasteiger partial charge on any atom is -0.496 e. The lowest BCUT2D eigenvalue weighted by Gasteiger charge is -2.28. The van der Waals surface area contributed by atoms with Crippen LogP contribution in [0.15, 0.2) is 75.0 Å². The van der Waals surface area contributed by atoms with Crippen molar-refractivity contribution in [2.24, 2.45) is 0 Å². The van der Waals surface area contributed by atoms with E-state index in [1.807, 2.05) is 19.9 Å². The van der Waals surface area contributed by atoms with Gasteiger partial charge in [-0.15, -0.1) is 0 Å². The maximum atomic E-state index is 13.5. The number of hydrogen-bond donors (Lipinski definition) is 0. The Labute approximate surface area is 169 Å². The summed E-state index contributed by atoms with van der Waals surface area (Å²) in [6.07, 6.45) is 6.86. The number of carbonyl (C=O) groups excluding carboxylic acids is 1. The van der Waals surface area contributed by atoms with Gasteiger partial charge in [0.25, 0.3) is 0 Å². The summed E-state index contributed by atoms with van der Waals surface area (Å²) in [6.45, 7) is 4.06. The number of furan rings is 2. The van der Waals surface area contributed by atoms with Crippen LogP contribution in [0.1, 0.15) is 47.4 Å². The van der Waals surface area contributed by atoms with Gasteiger partial charge in [0, 0.05) is 5.56 Å². The molecule has 0 amide bonds. The fourth-order valence-corrected chi connectivity index (χ4v) is 3.39. The summed E-state index contributed by atoms with van der Waals surface area (Å²) in [5.41, 5.74) is 2.98. The third-order valence-corrected chi connectivity index (χ3v) is 4.82. The Bertz CT molecular complexity index is 1060. The normalized spacial score (nSPS) is 17.0. The maximum Gasteiger partial charge on any atom is 0.197 e. The lowest BCUT2D eigenvalue weighted by atomic mass is 9.90. The average Bonchev–Trinajstić information content (AvgIpc) is 3.42. The van der Waals surface area contributed by atoms with Crippen molar-refractivity contribution in [3.63, 3.8) is 0 Å². The van der Waals surface area contributed by atoms with Gasteiger partial charge in [-0.1, -0.05) is 11.6 Å². The van der Waals surface area contributed by atoms with E-state index in [4.69, 9.17) is 18.3 Å². The summed E-state index contributed by atoms with van der Waals surface area (Å²) >= 11 is 0. The van der Waals surface area contributed by atoms with Crippen molar-refractivity contribution < 1.29 is 23.1 Å². The number of hydrogen-bond acceptors (Lipinski definition) is 5. The van der Waals surface area contributed by atoms with Crippen LogP contribution in [0, 0.1) is 0 Å². The molecule has 1 atom stereocenters. The third kappa shape index (κ3) is 3.63. The molecule has 4 rings (SSSR count). The first-order valence-corrected chi connectivity index (χ1v) is 9.41. The molecular weight excluding hydrogens is 368 g/mol. The summed E-state index contributed by atoms with van der Waals surface area (Å²) in [5, 5.41) is 0. The molecule has 2 aromatic heterocycles. The molecule has 0 aliphatic carbocycles. The van der Waals surface area contributed by atoms with E-state index in [2.05, 4.69) is 6.08 Å². The summed E-state index contributed by atoms with van der Waals surface area (Å²) in [5.74, 6) is 2.23. The van der Waals surface area contributed by atoms with Crippen LogP contribution < -0.4 is 9.47 Å². The molecule has 29 heavy (non-hydrogen) atoms. The lowest BCUT2D eigenvalue weighted by molar-refractivity contribution is 0.0946. The fraction of sp³-hybridized carbons (Fsp3) is 0.208. The smallest absolute Gasteiger partial charge is 0.197 e. The number of allylic oxidation sites excluding steroid dienone is 2. The van der Waals surface area contributed by atoms with Gasteiger partial charge in [-0.05, 0) is 62.7 Å². The van der Waals surface area contributed by atoms with Gasteiger partial charge in [0.2, 0.25) is 0 Å². The number of benzene rings is 1. The molecule has 3 heterocycles. The molecule has 0 spiro atoms. The van der Waals surface area contributed by atoms with Crippen molar-refractivity contribution in [3.8, 4) is 11.5 Å². The zero-order valence-electron chi connectivity index (χ0n) is 16.6. The third-order valence-electron chi connectivity index (χ3n) is 4.82. The van der Waals surface area contributed by atoms with E-state index in [0.717, 1.165) is 5.56 Å². The van der Waals surface area contributed by atoms with Crippen LogP contribution >= 0.6 is 0 Å². The Morgan fingerprint density at radius 1 is 1.10 bits per heavy atom. The number of Topliss-reactive ketones (excluding diaryl/α,β-unsaturated/α-hetero) is 1. The highest BCUT2D eigenvalue weighted by molar-refractivity contribution is 6.14. The highest BCUT2D eigenvalue weighted by atomic mass is 16.5. The number of fused-ring (bicyclic) bond motifs is 1. The van der Waals surface area contributed by atoms with Crippen molar-refractivity contribution in [1.82, 2.24) is 0 Å². The molecule has 1 aromatic carbocycles. The molecule has 1 aliphatic rings. The largest absolute Gasteiger partial charge is 0.496 e. The molecule has 5 heteroatoms. The molecule has 148 valence electrons. The van der Waals surface area contributed by atoms with Crippen LogP contribution in [0.3, 0.4) is 0 Å². The van der Waals surface area contributed by atoms with E-state index in [1.165, 1.54) is 5.57 Å². The van der Waals surface area contributed by atoms with Crippen LogP contribution in [0.2, 0.25) is 0 Å². The zero-order valence-corrected chi connectivity index (χ0v) is 16.6. The Kier molecular flexibility index (Phi) is 5.12. The predicted octanol–water partition coefficient (Wildman–Crippen LogP) is 5.79. The van der Waals surface area contributed by atoms with Crippen LogP contribution in [0.4, 0.5) is 0 Å². The first-order chi connectivity index (χ1) is 14.1. The highest BCUT2D eigenvalue weighted by Crippen LogP contribution is 2.44. The van der Waals surface area contributed by atoms with Crippen molar-refractivity contribution >= 4 is 11.9 Å². The second-order valence-electron chi connectivity index (χ2n) is 7.07. The zero-order chi connectivity index (χ0) is 20.4. The van der Waals surface area contributed by atoms with E-state index in [9.17, 15) is 4.79 Å². The van der Waals surface area contributed by atoms with Crippen LogP contribution in [0.25, 0.3) is 6.08 Å². The molecule has 1 aliphatic heterocycles. The Morgan fingerprint density at radius 2 is 1.90 bits per heavy atom. The number of carbonyl (C=O) groups is 1. The summed E-state index contributed by atoms with van der Waals surface area (Å²) in [6, 6.07) is 10.7. The van der Waals surface area contributed by atoms with Gasteiger partial charge in [-0.2, -0.15) is 0 Å². The number of ketones is 1. The SMILES string of the molecule is COc1ccc2c(c1CC=C(C)C)OC(c1ccco1)/C(=C/c1ccco1)C2=O. The first-order valence-electron chi connectivity index (χ1n) is 9.41. The number of ether oxygens (including phenoxy) is 2. The number of methoxy groups -OCH3 is 1. The Balaban J connectivity index is 1.88. The van der Waals surface area contributed by atoms with Gasteiger partial charge in [-0.3, -0.25) is 4.79 Å². The van der Waals surface area contributed by atoms with Gasteiger partial charge in [-0.25, -0.2) is 0 Å². The first kappa shape index (κ1) is 18.9. The number of rotatable bonds is 5. The molecule has 0 bridgehead atoms. The molecule has 1 unspecified atom stereocenters. The van der Waals surface area contributed by atoms with Crippen molar-refractivity contribution in [2.45, 2.75) is 26.4 Å². The van der Waals surface area contributed by atoms with Gasteiger partial charge in [0.15, 0.2) is 11.9 Å². The van der Waals surface area contributed by atoms with Crippen molar-refractivity contribution in [3.05, 3.63) is 88.8 Å². The molecule has 0 fully saturated rings. The van der Waals surface area contributed by atoms with E-state index in [-0.39, 0.29) is 5.78 Å². The van der Waals surface area contributed by atoms with Gasteiger partial charge >= 0.3 is 0 Å². The topological polar surface area (TPSA) is 61.8 Å². The Hall–Kier alpha value is -3.47. The lowest BCUT2D eigenvalue weighted by Crippen LogP contribution is -2.24. The molecule has 0 saturated heterocycles. The van der Waals surface area contributed by atoms with E-state index in [1.54, 1.807) is 56.0 Å². The molecule has 3 aromatic rings. The van der Waals surface area contributed by atoms with Gasteiger partial charge in [0.1, 0.15) is 23.0 Å². The van der Waals surface area contributed by atoms with Crippen LogP contribution in [-0.4, -0.2) is 12.9 Å². The molecule has 0 N–H and O–H groups in total. The Morgan fingerprint density at radius 3 is 2.55 bits per heavy atom. The average molecular weight is 390 g/mol. The van der Waals surface area contributed by atoms with Gasteiger partial charge < -0.3 is 18.3 Å². The molecule has 5 nitrogen and oxygen atoms in total. The molecule has 0 radical (unpaired) electrons. The van der Waals surface area contributed by atoms with Gasteiger partial charge in [0.05, 0.1) is 30.8 Å². The standard InChI is InChI=1S/C24H22O5/c1-15(2)8-9-17-20(26-3)11-10-18-22(25)19(14-16-6-4-12-27-16)24(29-23(17)18)21-7-5-13-28-21/h4-8,10-14,24H,9H2,1-3H3/b19-14+. The highest BCUT2D eigenvalue weighted by Gasteiger charge is 2.36. The summed E-state index contributed by atoms with van der Waals surface area (Å²) in [4.78, 5) is 13.5. The minimum atomic E-state index is -0.673. The maximum absolute atomic E-state index is 13.5. The van der Waals surface area contributed by atoms with Crippen LogP contribution in [0.5, 0.6) is 11.5 Å². The molecular formula is C24H22O5. The predicted molar refractivity (Wildman–Crippen MR) is 109 cm³/mol. The summed E-state index contributed by atoms with van der Waals surface area (Å²) < 4.78 is 22.9. The van der Waals surface area contributed by atoms with E-state index >= 15 is 0 Å². The summed E-state index contributed by atoms with van der Waals surface area (Å²) in [7, 11) is 1.62. The molecule has 0 saturated carbocycles. The van der Waals surface area contributed by atoms with E-state index in [0.29, 0.717) is 40.6 Å². The second kappa shape index (κ2) is 7.87. The van der Waals surface area contributed by atoms with E-state index < -0.39 is 6.10 Å². The minimum absolute atomic E-state index is 0.120. The van der Waals surface area contributed by atoms with Crippen molar-refractivity contribution in [1.29, 1.82) is 0 Å². The second-order valence-corrected chi connectivity index (χ2v) is 7.07. The fourth-order valence-electron chi connectivity index (χ4n) is 3.39. The van der Waals surface area contributed by atoms with Crippen molar-refractivity contribution in [2.75, 3.05) is 7.11 Å². The monoisotopic (exact) mass is 390 g/mol. The quantitative estimate of drug-likeness (QED) is 0.408. The van der Waals surface area contributed by atoms with Crippen LogP contribution in [-0.2, 0) is 6.42 Å².